The molecule has 0 fully saturated rings. The van der Waals surface area contributed by atoms with Gasteiger partial charge in [-0.1, -0.05) is 23.7 Å². The normalized spacial score (nSPS) is 13.8. The van der Waals surface area contributed by atoms with Crippen molar-refractivity contribution in [1.29, 1.82) is 0 Å². The highest BCUT2D eigenvalue weighted by atomic mass is 35.5. The quantitative estimate of drug-likeness (QED) is 0.773. The number of hydrogen-bond donors (Lipinski definition) is 0. The number of halogens is 2. The lowest BCUT2D eigenvalue weighted by molar-refractivity contribution is 0.204. The first-order chi connectivity index (χ1) is 6.88. The van der Waals surface area contributed by atoms with E-state index in [-0.39, 0.29) is 0 Å². The zero-order chi connectivity index (χ0) is 11.5. The minimum atomic E-state index is -3.60. The first kappa shape index (κ1) is 12.4. The Morgan fingerprint density at radius 2 is 1.93 bits per heavy atom. The van der Waals surface area contributed by atoms with E-state index in [1.165, 1.54) is 24.3 Å². The summed E-state index contributed by atoms with van der Waals surface area (Å²) in [7, 11) is -3.60. The Kier molecular flexibility index (Phi) is 4.07. The van der Waals surface area contributed by atoms with Gasteiger partial charge in [0, 0.05) is 5.02 Å². The lowest BCUT2D eigenvalue weighted by Crippen LogP contribution is -2.08. The van der Waals surface area contributed by atoms with E-state index < -0.39 is 22.9 Å². The van der Waals surface area contributed by atoms with Gasteiger partial charge >= 0.3 is 0 Å². The maximum atomic E-state index is 13.4. The van der Waals surface area contributed by atoms with Crippen LogP contribution in [0, 0.1) is 0 Å². The predicted molar refractivity (Wildman–Crippen MR) is 56.1 cm³/mol. The predicted octanol–water partition coefficient (Wildman–Crippen LogP) is 2.33. The zero-order valence-corrected chi connectivity index (χ0v) is 9.56. The summed E-state index contributed by atoms with van der Waals surface area (Å²) in [5.74, 6) is 0. The molecule has 1 aromatic carbocycles. The summed E-state index contributed by atoms with van der Waals surface area (Å²) in [5, 5.41) is 0.495. The van der Waals surface area contributed by atoms with E-state index in [1.54, 1.807) is 0 Å². The molecule has 0 aliphatic heterocycles. The van der Waals surface area contributed by atoms with Crippen molar-refractivity contribution >= 4 is 21.7 Å². The summed E-state index contributed by atoms with van der Waals surface area (Å²) in [6, 6.07) is 6.03. The average molecular weight is 253 g/mol. The van der Waals surface area contributed by atoms with Gasteiger partial charge in [-0.05, 0) is 17.7 Å². The third-order valence-electron chi connectivity index (χ3n) is 1.66. The van der Waals surface area contributed by atoms with Gasteiger partial charge < -0.3 is 0 Å². The van der Waals surface area contributed by atoms with Crippen LogP contribution in [0.3, 0.4) is 0 Å². The van der Waals surface area contributed by atoms with Crippen LogP contribution in [0.4, 0.5) is 4.39 Å². The highest BCUT2D eigenvalue weighted by Gasteiger charge is 2.13. The van der Waals surface area contributed by atoms with Gasteiger partial charge in [0.1, 0.15) is 12.8 Å². The third kappa shape index (κ3) is 4.59. The Labute approximate surface area is 92.9 Å². The van der Waals surface area contributed by atoms with E-state index in [0.717, 1.165) is 6.26 Å². The molecule has 6 heteroatoms. The van der Waals surface area contributed by atoms with Gasteiger partial charge in [0.15, 0.2) is 0 Å². The third-order valence-corrected chi connectivity index (χ3v) is 2.48. The smallest absolute Gasteiger partial charge is 0.264 e. The van der Waals surface area contributed by atoms with Crippen LogP contribution in [0.15, 0.2) is 24.3 Å². The number of alkyl halides is 1. The van der Waals surface area contributed by atoms with Crippen LogP contribution in [-0.2, 0) is 14.3 Å². The standard InChI is InChI=1S/C9H10ClFO3S/c1-15(12,13)14-6-9(11)7-2-4-8(10)5-3-7/h2-5,9H,6H2,1H3. The van der Waals surface area contributed by atoms with Crippen molar-refractivity contribution in [2.24, 2.45) is 0 Å². The second-order valence-electron chi connectivity index (χ2n) is 3.01. The molecule has 0 radical (unpaired) electrons. The molecule has 1 rings (SSSR count). The van der Waals surface area contributed by atoms with Gasteiger partial charge in [-0.15, -0.1) is 0 Å². The molecule has 1 atom stereocenters. The Morgan fingerprint density at radius 1 is 1.40 bits per heavy atom. The van der Waals surface area contributed by atoms with Crippen LogP contribution in [0.5, 0.6) is 0 Å². The average Bonchev–Trinajstić information content (AvgIpc) is 2.14. The lowest BCUT2D eigenvalue weighted by Gasteiger charge is -2.07. The van der Waals surface area contributed by atoms with Gasteiger partial charge in [-0.2, -0.15) is 8.42 Å². The second-order valence-corrected chi connectivity index (χ2v) is 5.09. The van der Waals surface area contributed by atoms with E-state index in [4.69, 9.17) is 11.6 Å². The first-order valence-electron chi connectivity index (χ1n) is 4.12. The van der Waals surface area contributed by atoms with Crippen LogP contribution in [0.1, 0.15) is 11.7 Å². The molecule has 0 aliphatic rings. The summed E-state index contributed by atoms with van der Waals surface area (Å²) in [6.45, 7) is -0.513. The van der Waals surface area contributed by atoms with Crippen molar-refractivity contribution in [2.45, 2.75) is 6.17 Å². The Morgan fingerprint density at radius 3 is 2.40 bits per heavy atom. The molecular formula is C9H10ClFO3S. The maximum Gasteiger partial charge on any atom is 0.264 e. The van der Waals surface area contributed by atoms with Gasteiger partial charge in [0.2, 0.25) is 0 Å². The molecule has 0 saturated heterocycles. The molecule has 0 saturated carbocycles. The number of benzene rings is 1. The summed E-state index contributed by atoms with van der Waals surface area (Å²) >= 11 is 5.62. The molecule has 0 heterocycles. The summed E-state index contributed by atoms with van der Waals surface area (Å²) in [4.78, 5) is 0. The summed E-state index contributed by atoms with van der Waals surface area (Å²) in [6.07, 6.45) is -0.598. The highest BCUT2D eigenvalue weighted by Crippen LogP contribution is 2.20. The number of hydrogen-bond acceptors (Lipinski definition) is 3. The van der Waals surface area contributed by atoms with Crippen molar-refractivity contribution in [3.63, 3.8) is 0 Å². The lowest BCUT2D eigenvalue weighted by atomic mass is 10.1. The van der Waals surface area contributed by atoms with Crippen LogP contribution in [0.2, 0.25) is 5.02 Å². The molecule has 1 aromatic rings. The Hall–Kier alpha value is -0.650. The Bertz CT molecular complexity index is 415. The molecule has 0 spiro atoms. The van der Waals surface area contributed by atoms with Crippen molar-refractivity contribution in [3.8, 4) is 0 Å². The molecule has 0 bridgehead atoms. The van der Waals surface area contributed by atoms with E-state index in [0.29, 0.717) is 10.6 Å². The largest absolute Gasteiger partial charge is 0.267 e. The van der Waals surface area contributed by atoms with Crippen molar-refractivity contribution < 1.29 is 17.0 Å². The fourth-order valence-electron chi connectivity index (χ4n) is 0.951. The monoisotopic (exact) mass is 252 g/mol. The molecule has 1 unspecified atom stereocenters. The van der Waals surface area contributed by atoms with Crippen LogP contribution in [0.25, 0.3) is 0 Å². The van der Waals surface area contributed by atoms with Gasteiger partial charge in [-0.3, -0.25) is 4.18 Å². The minimum Gasteiger partial charge on any atom is -0.267 e. The van der Waals surface area contributed by atoms with Gasteiger partial charge in [-0.25, -0.2) is 4.39 Å². The number of rotatable bonds is 4. The molecule has 84 valence electrons. The van der Waals surface area contributed by atoms with E-state index >= 15 is 0 Å². The van der Waals surface area contributed by atoms with Gasteiger partial charge in [0.05, 0.1) is 6.26 Å². The molecular weight excluding hydrogens is 243 g/mol. The van der Waals surface area contributed by atoms with E-state index in [9.17, 15) is 12.8 Å². The molecule has 0 aliphatic carbocycles. The molecule has 15 heavy (non-hydrogen) atoms. The molecule has 3 nitrogen and oxygen atoms in total. The van der Waals surface area contributed by atoms with E-state index in [1.807, 2.05) is 0 Å². The van der Waals surface area contributed by atoms with Crippen LogP contribution >= 0.6 is 11.6 Å². The molecule has 0 N–H and O–H groups in total. The zero-order valence-electron chi connectivity index (χ0n) is 7.98. The fraction of sp³-hybridized carbons (Fsp3) is 0.333. The maximum absolute atomic E-state index is 13.4. The fourth-order valence-corrected chi connectivity index (χ4v) is 1.44. The van der Waals surface area contributed by atoms with Gasteiger partial charge in [0.25, 0.3) is 10.1 Å². The van der Waals surface area contributed by atoms with Crippen molar-refractivity contribution in [3.05, 3.63) is 34.9 Å². The SMILES string of the molecule is CS(=O)(=O)OCC(F)c1ccc(Cl)cc1. The molecule has 0 amide bonds. The summed E-state index contributed by atoms with van der Waals surface area (Å²) in [5.41, 5.74) is 0.336. The topological polar surface area (TPSA) is 43.4 Å². The minimum absolute atomic E-state index is 0.336. The Balaban J connectivity index is 2.61. The van der Waals surface area contributed by atoms with Crippen molar-refractivity contribution in [1.82, 2.24) is 0 Å². The second kappa shape index (κ2) is 4.92. The summed E-state index contributed by atoms with van der Waals surface area (Å²) < 4.78 is 38.9. The van der Waals surface area contributed by atoms with E-state index in [2.05, 4.69) is 4.18 Å². The van der Waals surface area contributed by atoms with Crippen LogP contribution < -0.4 is 0 Å². The molecule has 0 aromatic heterocycles. The van der Waals surface area contributed by atoms with Crippen LogP contribution in [-0.4, -0.2) is 21.3 Å². The van der Waals surface area contributed by atoms with Crippen molar-refractivity contribution in [2.75, 3.05) is 12.9 Å². The first-order valence-corrected chi connectivity index (χ1v) is 6.32. The highest BCUT2D eigenvalue weighted by molar-refractivity contribution is 7.85.